The highest BCUT2D eigenvalue weighted by molar-refractivity contribution is 5.98. The second-order valence-electron chi connectivity index (χ2n) is 18.9. The lowest BCUT2D eigenvalue weighted by Crippen LogP contribution is -2.60. The number of rotatable bonds is 34. The standard InChI is InChI=1S/C51H75N11O15/c1-29(43(68)60-38(28-32-16-18-33(63)19-17-32)48(73)59-37(51(76)77)14-7-9-25-53)55-45(70)36(21-23-42(66)67)57-47(72)39(27-31-11-4-3-5-12-31)61-46(71)35(13-6-8-24-52)58-49(74)40-15-10-26-62(40)50(75)30(2)56-44(69)34(54)20-22-41(64)65/h3-5,11-12,16-19,29-30,34-40,63H,6-10,13-15,20-28,52-54H2,1-2H3,(H,55,70)(H,56,69)(H,57,72)(H,58,74)(H,59,73)(H,60,68)(H,61,71)(H,64,65)(H,66,67)(H,76,77)/t29-,30-,34-,35-,36-,37-,38-,39-,40-/m0/s1. The van der Waals surface area contributed by atoms with Crippen molar-refractivity contribution < 1.29 is 73.2 Å². The van der Waals surface area contributed by atoms with Crippen molar-refractivity contribution in [1.82, 2.24) is 42.1 Å². The zero-order valence-corrected chi connectivity index (χ0v) is 43.4. The number of phenols is 1. The summed E-state index contributed by atoms with van der Waals surface area (Å²) in [7, 11) is 0. The Morgan fingerprint density at radius 2 is 1.01 bits per heavy atom. The number of carbonyl (C=O) groups is 11. The summed E-state index contributed by atoms with van der Waals surface area (Å²) in [4.78, 5) is 146. The second-order valence-corrected chi connectivity index (χ2v) is 18.9. The van der Waals surface area contributed by atoms with Crippen molar-refractivity contribution >= 4 is 65.2 Å². The van der Waals surface area contributed by atoms with E-state index in [1.807, 2.05) is 0 Å². The van der Waals surface area contributed by atoms with E-state index in [9.17, 15) is 68.1 Å². The number of carbonyl (C=O) groups excluding carboxylic acids is 8. The number of benzene rings is 2. The summed E-state index contributed by atoms with van der Waals surface area (Å²) in [6.45, 7) is 3.32. The van der Waals surface area contributed by atoms with Crippen LogP contribution in [-0.4, -0.2) is 165 Å². The number of phenolic OH excluding ortho intramolecular Hbond substituents is 1. The predicted molar refractivity (Wildman–Crippen MR) is 277 cm³/mol. The first-order valence-electron chi connectivity index (χ1n) is 25.6. The highest BCUT2D eigenvalue weighted by Crippen LogP contribution is 2.20. The number of nitrogens with zero attached hydrogens (tertiary/aromatic N) is 1. The van der Waals surface area contributed by atoms with Gasteiger partial charge in [0.05, 0.1) is 6.04 Å². The molecule has 0 saturated carbocycles. The summed E-state index contributed by atoms with van der Waals surface area (Å²) in [6, 6.07) is 2.10. The number of aromatic hydroxyl groups is 1. The molecule has 26 nitrogen and oxygen atoms in total. The van der Waals surface area contributed by atoms with Crippen molar-refractivity contribution in [1.29, 1.82) is 0 Å². The van der Waals surface area contributed by atoms with Gasteiger partial charge in [-0.15, -0.1) is 0 Å². The zero-order chi connectivity index (χ0) is 57.2. The maximum atomic E-state index is 14.3. The minimum atomic E-state index is -1.62. The fourth-order valence-corrected chi connectivity index (χ4v) is 8.29. The van der Waals surface area contributed by atoms with E-state index in [2.05, 4.69) is 37.2 Å². The van der Waals surface area contributed by atoms with Crippen LogP contribution < -0.4 is 54.4 Å². The third-order valence-electron chi connectivity index (χ3n) is 12.7. The molecular formula is C51H75N11O15. The Balaban J connectivity index is 1.84. The Hall–Kier alpha value is -7.71. The molecule has 0 bridgehead atoms. The molecule has 1 heterocycles. The van der Waals surface area contributed by atoms with Gasteiger partial charge in [0.25, 0.3) is 0 Å². The minimum Gasteiger partial charge on any atom is -0.508 e. The van der Waals surface area contributed by atoms with Crippen molar-refractivity contribution in [2.75, 3.05) is 19.6 Å². The number of carboxylic acid groups (broad SMARTS) is 3. The third kappa shape index (κ3) is 22.2. The maximum Gasteiger partial charge on any atom is 0.326 e. The van der Waals surface area contributed by atoms with Gasteiger partial charge in [-0.05, 0) is 114 Å². The molecule has 424 valence electrons. The van der Waals surface area contributed by atoms with Crippen LogP contribution in [0.15, 0.2) is 54.6 Å². The molecule has 8 amide bonds. The molecule has 3 rings (SSSR count). The molecule has 26 heteroatoms. The molecule has 0 aliphatic carbocycles. The first-order chi connectivity index (χ1) is 36.5. The molecule has 9 atom stereocenters. The number of nitrogens with two attached hydrogens (primary N) is 3. The van der Waals surface area contributed by atoms with Gasteiger partial charge in [-0.25, -0.2) is 4.79 Å². The van der Waals surface area contributed by atoms with Crippen molar-refractivity contribution in [2.45, 2.75) is 158 Å². The third-order valence-corrected chi connectivity index (χ3v) is 12.7. The fraction of sp³-hybridized carbons (Fsp3) is 0.549. The van der Waals surface area contributed by atoms with Crippen LogP contribution >= 0.6 is 0 Å². The van der Waals surface area contributed by atoms with Gasteiger partial charge in [-0.2, -0.15) is 0 Å². The van der Waals surface area contributed by atoms with E-state index in [0.29, 0.717) is 49.8 Å². The van der Waals surface area contributed by atoms with Gasteiger partial charge < -0.3 is 79.7 Å². The number of hydrogen-bond acceptors (Lipinski definition) is 15. The lowest BCUT2D eigenvalue weighted by atomic mass is 10.0. The number of carboxylic acids is 3. The minimum absolute atomic E-state index is 0.0335. The number of unbranched alkanes of at least 4 members (excludes halogenated alkanes) is 2. The van der Waals surface area contributed by atoms with Gasteiger partial charge >= 0.3 is 17.9 Å². The molecule has 0 aromatic heterocycles. The van der Waals surface area contributed by atoms with Crippen LogP contribution in [-0.2, 0) is 65.6 Å². The first-order valence-corrected chi connectivity index (χ1v) is 25.6. The molecule has 0 unspecified atom stereocenters. The van der Waals surface area contributed by atoms with Crippen molar-refractivity contribution in [2.24, 2.45) is 17.2 Å². The molecule has 0 spiro atoms. The van der Waals surface area contributed by atoms with E-state index in [4.69, 9.17) is 22.3 Å². The summed E-state index contributed by atoms with van der Waals surface area (Å²) in [6.07, 6.45) is 0.316. The number of nitrogens with one attached hydrogen (secondary N) is 7. The summed E-state index contributed by atoms with van der Waals surface area (Å²) in [5.74, 6) is -10.6. The smallest absolute Gasteiger partial charge is 0.326 e. The van der Waals surface area contributed by atoms with Gasteiger partial charge in [0.2, 0.25) is 47.3 Å². The zero-order valence-electron chi connectivity index (χ0n) is 43.4. The summed E-state index contributed by atoms with van der Waals surface area (Å²) >= 11 is 0. The van der Waals surface area contributed by atoms with Gasteiger partial charge in [0.15, 0.2) is 0 Å². The molecule has 17 N–H and O–H groups in total. The molecule has 1 aliphatic heterocycles. The van der Waals surface area contributed by atoms with Gasteiger partial charge in [-0.3, -0.25) is 47.9 Å². The molecular weight excluding hydrogens is 1010 g/mol. The lowest BCUT2D eigenvalue weighted by molar-refractivity contribution is -0.142. The van der Waals surface area contributed by atoms with E-state index in [1.54, 1.807) is 30.3 Å². The summed E-state index contributed by atoms with van der Waals surface area (Å²) in [5, 5.41) is 55.9. The Bertz CT molecular complexity index is 2340. The number of hydrogen-bond donors (Lipinski definition) is 14. The summed E-state index contributed by atoms with van der Waals surface area (Å²) in [5.41, 5.74) is 18.1. The van der Waals surface area contributed by atoms with Crippen LogP contribution in [0.2, 0.25) is 0 Å². The Kier molecular flexibility index (Phi) is 27.0. The highest BCUT2D eigenvalue weighted by atomic mass is 16.4. The topological polar surface area (TPSA) is 434 Å². The highest BCUT2D eigenvalue weighted by Gasteiger charge is 2.39. The summed E-state index contributed by atoms with van der Waals surface area (Å²) < 4.78 is 0. The largest absolute Gasteiger partial charge is 0.508 e. The van der Waals surface area contributed by atoms with Gasteiger partial charge in [0.1, 0.15) is 54.1 Å². The van der Waals surface area contributed by atoms with E-state index < -0.39 is 132 Å². The molecule has 2 aromatic carbocycles. The number of likely N-dealkylation sites (tertiary alicyclic amines) is 1. The van der Waals surface area contributed by atoms with Crippen LogP contribution in [0.1, 0.15) is 102 Å². The maximum absolute atomic E-state index is 14.3. The second kappa shape index (κ2) is 32.7. The first kappa shape index (κ1) is 63.6. The lowest BCUT2D eigenvalue weighted by Gasteiger charge is -2.29. The van der Waals surface area contributed by atoms with E-state index in [1.165, 1.54) is 43.0 Å². The van der Waals surface area contributed by atoms with E-state index in [-0.39, 0.29) is 63.8 Å². The number of amides is 8. The van der Waals surface area contributed by atoms with Crippen molar-refractivity contribution in [3.63, 3.8) is 0 Å². The Morgan fingerprint density at radius 3 is 1.57 bits per heavy atom. The molecule has 2 aromatic rings. The quantitative estimate of drug-likeness (QED) is 0.0337. The van der Waals surface area contributed by atoms with Crippen molar-refractivity contribution in [3.05, 3.63) is 65.7 Å². The number of aliphatic carboxylic acids is 3. The van der Waals surface area contributed by atoms with Crippen LogP contribution in [0.5, 0.6) is 5.75 Å². The van der Waals surface area contributed by atoms with Crippen LogP contribution in [0, 0.1) is 0 Å². The SMILES string of the molecule is C[C@H](NC(=O)[C@H](CCC(=O)O)NC(=O)[C@H](Cc1ccccc1)NC(=O)[C@H](CCCCN)NC(=O)[C@@H]1CCCN1C(=O)[C@H](C)NC(=O)[C@@H](N)CCC(=O)O)C(=O)N[C@@H](Cc1ccc(O)cc1)C(=O)N[C@@H](CCCCN)C(=O)O. The molecule has 0 radical (unpaired) electrons. The molecule has 1 aliphatic rings. The van der Waals surface area contributed by atoms with Crippen molar-refractivity contribution in [3.8, 4) is 5.75 Å². The van der Waals surface area contributed by atoms with E-state index >= 15 is 0 Å². The fourth-order valence-electron chi connectivity index (χ4n) is 8.29. The van der Waals surface area contributed by atoms with E-state index in [0.717, 1.165) is 0 Å². The normalized spacial score (nSPS) is 16.1. The molecule has 77 heavy (non-hydrogen) atoms. The Morgan fingerprint density at radius 1 is 0.545 bits per heavy atom. The van der Waals surface area contributed by atoms with Crippen LogP contribution in [0.25, 0.3) is 0 Å². The Labute approximate surface area is 445 Å². The van der Waals surface area contributed by atoms with Crippen LogP contribution in [0.3, 0.4) is 0 Å². The van der Waals surface area contributed by atoms with Gasteiger partial charge in [-0.1, -0.05) is 42.5 Å². The monoisotopic (exact) mass is 1080 g/mol. The van der Waals surface area contributed by atoms with Gasteiger partial charge in [0, 0.05) is 32.2 Å². The van der Waals surface area contributed by atoms with Crippen LogP contribution in [0.4, 0.5) is 0 Å². The average Bonchev–Trinajstić information content (AvgIpc) is 3.89. The predicted octanol–water partition coefficient (Wildman–Crippen LogP) is -2.00. The average molecular weight is 1080 g/mol. The molecule has 1 fully saturated rings. The molecule has 1 saturated heterocycles.